The first-order chi connectivity index (χ1) is 15.7. The Bertz CT molecular complexity index is 1000. The van der Waals surface area contributed by atoms with Crippen LogP contribution in [0, 0.1) is 11.3 Å². The number of methoxy groups -OCH3 is 2. The van der Waals surface area contributed by atoms with Gasteiger partial charge in [-0.3, -0.25) is 14.6 Å². The molecule has 1 aliphatic heterocycles. The van der Waals surface area contributed by atoms with Gasteiger partial charge in [-0.05, 0) is 62.1 Å². The van der Waals surface area contributed by atoms with Crippen molar-refractivity contribution in [1.29, 1.82) is 0 Å². The van der Waals surface area contributed by atoms with Crippen LogP contribution in [0.4, 0.5) is 0 Å². The monoisotopic (exact) mass is 453 g/mol. The van der Waals surface area contributed by atoms with Gasteiger partial charge in [0.25, 0.3) is 0 Å². The summed E-state index contributed by atoms with van der Waals surface area (Å²) in [4.78, 5) is 31.8. The first kappa shape index (κ1) is 23.5. The second kappa shape index (κ2) is 9.32. The maximum Gasteiger partial charge on any atom is 0.315 e. The fourth-order valence-electron chi connectivity index (χ4n) is 5.58. The molecule has 1 unspecified atom stereocenters. The van der Waals surface area contributed by atoms with Crippen LogP contribution >= 0.6 is 0 Å². The van der Waals surface area contributed by atoms with Crippen molar-refractivity contribution in [2.45, 2.75) is 77.7 Å². The molecule has 0 aromatic heterocycles. The van der Waals surface area contributed by atoms with E-state index in [0.717, 1.165) is 36.9 Å². The Kier molecular flexibility index (Phi) is 6.64. The number of ketones is 1. The van der Waals surface area contributed by atoms with E-state index in [4.69, 9.17) is 19.2 Å². The van der Waals surface area contributed by atoms with E-state index in [-0.39, 0.29) is 23.3 Å². The van der Waals surface area contributed by atoms with E-state index in [0.29, 0.717) is 35.6 Å². The van der Waals surface area contributed by atoms with Crippen molar-refractivity contribution < 1.29 is 23.8 Å². The van der Waals surface area contributed by atoms with E-state index in [1.807, 2.05) is 25.1 Å². The Morgan fingerprint density at radius 3 is 2.39 bits per heavy atom. The molecule has 1 heterocycles. The fraction of sp³-hybridized carbons (Fsp3) is 0.593. The minimum atomic E-state index is -0.631. The van der Waals surface area contributed by atoms with Crippen LogP contribution < -0.4 is 9.47 Å². The molecule has 1 aromatic carbocycles. The van der Waals surface area contributed by atoms with Crippen LogP contribution in [0.25, 0.3) is 0 Å². The molecule has 1 saturated carbocycles. The van der Waals surface area contributed by atoms with E-state index < -0.39 is 11.8 Å². The maximum atomic E-state index is 13.6. The zero-order chi connectivity index (χ0) is 23.8. The molecule has 0 saturated heterocycles. The van der Waals surface area contributed by atoms with Gasteiger partial charge in [0.05, 0.1) is 14.2 Å². The van der Waals surface area contributed by atoms with Crippen molar-refractivity contribution >= 4 is 17.5 Å². The third-order valence-corrected chi connectivity index (χ3v) is 7.16. The first-order valence-corrected chi connectivity index (χ1v) is 12.0. The van der Waals surface area contributed by atoms with Gasteiger partial charge in [-0.15, -0.1) is 0 Å². The van der Waals surface area contributed by atoms with Gasteiger partial charge in [0.15, 0.2) is 17.3 Å². The van der Waals surface area contributed by atoms with Crippen LogP contribution in [0.5, 0.6) is 11.5 Å². The van der Waals surface area contributed by atoms with E-state index >= 15 is 0 Å². The van der Waals surface area contributed by atoms with Crippen LogP contribution in [0.1, 0.15) is 77.2 Å². The lowest BCUT2D eigenvalue weighted by Gasteiger charge is -2.39. The van der Waals surface area contributed by atoms with E-state index in [2.05, 4.69) is 13.8 Å². The molecule has 33 heavy (non-hydrogen) atoms. The lowest BCUT2D eigenvalue weighted by molar-refractivity contribution is -0.153. The Morgan fingerprint density at radius 1 is 1.03 bits per heavy atom. The molecule has 3 aliphatic rings. The zero-order valence-electron chi connectivity index (χ0n) is 20.4. The smallest absolute Gasteiger partial charge is 0.315 e. The van der Waals surface area contributed by atoms with Crippen LogP contribution in [-0.4, -0.2) is 37.8 Å². The lowest BCUT2D eigenvalue weighted by atomic mass is 9.67. The fourth-order valence-corrected chi connectivity index (χ4v) is 5.58. The van der Waals surface area contributed by atoms with Gasteiger partial charge in [-0.25, -0.2) is 0 Å². The number of carbonyl (C=O) groups is 2. The molecule has 4 rings (SSSR count). The van der Waals surface area contributed by atoms with E-state index in [1.165, 1.54) is 6.42 Å². The highest BCUT2D eigenvalue weighted by molar-refractivity contribution is 6.09. The van der Waals surface area contributed by atoms with Crippen LogP contribution in [-0.2, 0) is 14.3 Å². The third kappa shape index (κ3) is 4.71. The molecular formula is C27H35NO5. The van der Waals surface area contributed by atoms with Gasteiger partial charge in [0.1, 0.15) is 12.0 Å². The molecule has 0 radical (unpaired) electrons. The normalized spacial score (nSPS) is 25.2. The molecule has 178 valence electrons. The molecule has 2 atom stereocenters. The average Bonchev–Trinajstić information content (AvgIpc) is 2.77. The summed E-state index contributed by atoms with van der Waals surface area (Å²) in [7, 11) is 3.18. The lowest BCUT2D eigenvalue weighted by Crippen LogP contribution is -2.40. The predicted molar refractivity (Wildman–Crippen MR) is 127 cm³/mol. The van der Waals surface area contributed by atoms with Crippen molar-refractivity contribution in [2.24, 2.45) is 16.3 Å². The molecule has 6 nitrogen and oxygen atoms in total. The highest BCUT2D eigenvalue weighted by Crippen LogP contribution is 2.49. The molecular weight excluding hydrogens is 418 g/mol. The number of nitrogens with zero attached hydrogens (tertiary/aromatic N) is 1. The standard InChI is InChI=1S/C27H35NO5/c1-16-23(26(30)33-18-9-7-6-8-10-18)24(17-11-12-21(31-4)22(13-17)32-5)25-19(28-16)14-27(2,3)15-20(25)29/h11-13,18,23-24H,6-10,14-15H2,1-5H3/t23?,24-/m0/s1. The number of allylic oxidation sites excluding steroid dienone is 2. The number of hydrogen-bond acceptors (Lipinski definition) is 6. The summed E-state index contributed by atoms with van der Waals surface area (Å²) in [5.41, 5.74) is 2.85. The number of ether oxygens (including phenoxy) is 3. The Hall–Kier alpha value is -2.63. The maximum absolute atomic E-state index is 13.6. The van der Waals surface area contributed by atoms with Crippen molar-refractivity contribution in [3.63, 3.8) is 0 Å². The van der Waals surface area contributed by atoms with Crippen LogP contribution in [0.15, 0.2) is 34.5 Å². The van der Waals surface area contributed by atoms with Crippen molar-refractivity contribution in [3.05, 3.63) is 35.0 Å². The van der Waals surface area contributed by atoms with Gasteiger partial charge >= 0.3 is 5.97 Å². The summed E-state index contributed by atoms with van der Waals surface area (Å²) in [5, 5.41) is 0. The number of carbonyl (C=O) groups excluding carboxylic acids is 2. The van der Waals surface area contributed by atoms with Gasteiger partial charge in [-0.2, -0.15) is 0 Å². The summed E-state index contributed by atoms with van der Waals surface area (Å²) in [6.45, 7) is 6.07. The molecule has 1 fully saturated rings. The van der Waals surface area contributed by atoms with E-state index in [9.17, 15) is 9.59 Å². The number of rotatable bonds is 5. The summed E-state index contributed by atoms with van der Waals surface area (Å²) < 4.78 is 16.9. The number of esters is 1. The zero-order valence-corrected chi connectivity index (χ0v) is 20.4. The summed E-state index contributed by atoms with van der Waals surface area (Å²) in [5.74, 6) is -0.125. The van der Waals surface area contributed by atoms with Crippen molar-refractivity contribution in [3.8, 4) is 11.5 Å². The van der Waals surface area contributed by atoms with Gasteiger partial charge in [0.2, 0.25) is 0 Å². The van der Waals surface area contributed by atoms with Crippen molar-refractivity contribution in [2.75, 3.05) is 14.2 Å². The summed E-state index contributed by atoms with van der Waals surface area (Å²) in [6.07, 6.45) is 6.24. The largest absolute Gasteiger partial charge is 0.493 e. The minimum absolute atomic E-state index is 0.0542. The second-order valence-corrected chi connectivity index (χ2v) is 10.3. The quantitative estimate of drug-likeness (QED) is 0.558. The molecule has 0 amide bonds. The molecule has 0 bridgehead atoms. The minimum Gasteiger partial charge on any atom is -0.493 e. The number of hydrogen-bond donors (Lipinski definition) is 0. The number of aliphatic imine (C=N–C) groups is 1. The highest BCUT2D eigenvalue weighted by Gasteiger charge is 2.46. The van der Waals surface area contributed by atoms with Crippen LogP contribution in [0.2, 0.25) is 0 Å². The highest BCUT2D eigenvalue weighted by atomic mass is 16.5. The van der Waals surface area contributed by atoms with Gasteiger partial charge < -0.3 is 14.2 Å². The average molecular weight is 454 g/mol. The molecule has 1 aromatic rings. The number of benzene rings is 1. The van der Waals surface area contributed by atoms with E-state index in [1.54, 1.807) is 14.2 Å². The first-order valence-electron chi connectivity index (χ1n) is 12.0. The summed E-state index contributed by atoms with van der Waals surface area (Å²) in [6, 6.07) is 5.63. The number of Topliss-reactive ketones (excluding diaryl/α,β-unsaturated/α-hetero) is 1. The summed E-state index contributed by atoms with van der Waals surface area (Å²) >= 11 is 0. The third-order valence-electron chi connectivity index (χ3n) is 7.16. The Morgan fingerprint density at radius 2 is 1.73 bits per heavy atom. The van der Waals surface area contributed by atoms with Crippen LogP contribution in [0.3, 0.4) is 0 Å². The molecule has 2 aliphatic carbocycles. The molecule has 0 N–H and O–H groups in total. The molecule has 0 spiro atoms. The van der Waals surface area contributed by atoms with Crippen molar-refractivity contribution in [1.82, 2.24) is 0 Å². The Balaban J connectivity index is 1.78. The topological polar surface area (TPSA) is 74.2 Å². The van der Waals surface area contributed by atoms with Gasteiger partial charge in [0, 0.05) is 29.3 Å². The van der Waals surface area contributed by atoms with Gasteiger partial charge in [-0.1, -0.05) is 26.3 Å². The second-order valence-electron chi connectivity index (χ2n) is 10.3. The molecule has 6 heteroatoms. The SMILES string of the molecule is COc1ccc([C@@H]2C3=C(CC(C)(C)CC3=O)N=C(C)C2C(=O)OC2CCCCC2)cc1OC. The Labute approximate surface area is 196 Å². The predicted octanol–water partition coefficient (Wildman–Crippen LogP) is 5.40.